The Bertz CT molecular complexity index is 2710. The first-order valence-corrected chi connectivity index (χ1v) is 16.9. The molecule has 0 N–H and O–H groups in total. The first-order chi connectivity index (χ1) is 28.1. The van der Waals surface area contributed by atoms with Gasteiger partial charge < -0.3 is 14.4 Å². The quantitative estimate of drug-likeness (QED) is 0.156. The number of fused-ring (bicyclic) bond motifs is 3. The van der Waals surface area contributed by atoms with Crippen molar-refractivity contribution in [1.29, 1.82) is 0 Å². The fourth-order valence-electron chi connectivity index (χ4n) is 5.75. The number of aromatic nitrogens is 3. The molecule has 1 radical (unpaired) electrons. The second-order valence-corrected chi connectivity index (χ2v) is 14.5. The van der Waals surface area contributed by atoms with Crippen LogP contribution in [0.25, 0.3) is 44.6 Å². The van der Waals surface area contributed by atoms with Crippen molar-refractivity contribution in [2.45, 2.75) is 87.3 Å². The Hall–Kier alpha value is -4.44. The molecular weight excluding hydrogens is 815 g/mol. The number of pyridine rings is 3. The van der Waals surface area contributed by atoms with Crippen molar-refractivity contribution in [1.82, 2.24) is 15.0 Å². The van der Waals surface area contributed by atoms with Gasteiger partial charge in [0, 0.05) is 57.3 Å². The molecule has 0 amide bonds. The Morgan fingerprint density at radius 2 is 1.50 bits per heavy atom. The Balaban J connectivity index is 0.000000381. The number of aryl methyl sites for hydroxylation is 5. The zero-order valence-electron chi connectivity index (χ0n) is 40.7. The van der Waals surface area contributed by atoms with Crippen molar-refractivity contribution in [2.24, 2.45) is 5.41 Å². The molecule has 0 fully saturated rings. The van der Waals surface area contributed by atoms with Gasteiger partial charge in [0.25, 0.3) is 0 Å². The Morgan fingerprint density at radius 1 is 0.750 bits per heavy atom. The maximum Gasteiger partial charge on any atom is 0.216 e. The van der Waals surface area contributed by atoms with Crippen molar-refractivity contribution in [3.63, 3.8) is 0 Å². The minimum absolute atomic E-state index is 0. The van der Waals surface area contributed by atoms with E-state index in [0.717, 1.165) is 17.5 Å². The zero-order chi connectivity index (χ0) is 45.1. The summed E-state index contributed by atoms with van der Waals surface area (Å²) >= 11 is 0. The topological polar surface area (TPSA) is 51.8 Å². The van der Waals surface area contributed by atoms with Gasteiger partial charge in [-0.25, -0.2) is 4.98 Å². The molecule has 0 unspecified atom stereocenters. The average molecular weight is 874 g/mol. The summed E-state index contributed by atoms with van der Waals surface area (Å²) in [4.78, 5) is 13.0. The van der Waals surface area contributed by atoms with Gasteiger partial charge in [0.1, 0.15) is 0 Å². The van der Waals surface area contributed by atoms with E-state index in [1.165, 1.54) is 28.8 Å². The Kier molecular flexibility index (Phi) is 8.19. The van der Waals surface area contributed by atoms with Crippen molar-refractivity contribution in [3.8, 4) is 22.5 Å². The fraction of sp³-hybridized carbons (Fsp3) is 0.298. The number of furan rings is 1. The largest absolute Gasteiger partial charge is 0.486 e. The maximum atomic E-state index is 9.41. The molecule has 52 heavy (non-hydrogen) atoms. The third-order valence-electron chi connectivity index (χ3n) is 8.65. The van der Waals surface area contributed by atoms with Crippen LogP contribution in [0.4, 0.5) is 0 Å². The standard InChI is InChI=1S/C33H35N2O.C14H14N.Ir/c1-21-20-34-29(28-10-8-9-26-27-16-11-22(2)35-31(27)36-30(26)28)17-24(21)19-33(6,7)25-14-12-23(13-15-25)18-32(3,4)5;1-10-4-6-13(7-5-10)14-8-11(2)12(3)9-15-14;/h8-9,11-17,20H,18-19H2,1-7H3;4-6,8-9H,1-3H3;/q2*-1;/i1D3,2D3,18D2,19D2;;. The molecular formula is C47H49IrN3O-2. The molecule has 0 spiro atoms. The van der Waals surface area contributed by atoms with Crippen LogP contribution in [0.3, 0.4) is 0 Å². The summed E-state index contributed by atoms with van der Waals surface area (Å²) in [5.74, 6) is 0. The second-order valence-electron chi connectivity index (χ2n) is 14.5. The normalized spacial score (nSPS) is 15.5. The van der Waals surface area contributed by atoms with Crippen LogP contribution in [0.5, 0.6) is 0 Å². The van der Waals surface area contributed by atoms with E-state index in [0.29, 0.717) is 33.0 Å². The summed E-state index contributed by atoms with van der Waals surface area (Å²) in [7, 11) is 0. The molecule has 7 rings (SSSR count). The van der Waals surface area contributed by atoms with Crippen LogP contribution in [0.15, 0.2) is 95.7 Å². The minimum atomic E-state index is -2.68. The molecule has 0 aliphatic carbocycles. The van der Waals surface area contributed by atoms with Gasteiger partial charge in [0.2, 0.25) is 5.71 Å². The van der Waals surface area contributed by atoms with Crippen LogP contribution in [-0.4, -0.2) is 15.0 Å². The van der Waals surface area contributed by atoms with Crippen LogP contribution >= 0.6 is 0 Å². The van der Waals surface area contributed by atoms with E-state index < -0.39 is 37.3 Å². The van der Waals surface area contributed by atoms with Crippen molar-refractivity contribution >= 4 is 22.1 Å². The van der Waals surface area contributed by atoms with Crippen LogP contribution in [0.2, 0.25) is 0 Å². The molecule has 4 nitrogen and oxygen atoms in total. The second kappa shape index (κ2) is 15.7. The number of hydrogen-bond acceptors (Lipinski definition) is 4. The minimum Gasteiger partial charge on any atom is -0.486 e. The van der Waals surface area contributed by atoms with Crippen LogP contribution in [-0.2, 0) is 38.3 Å². The van der Waals surface area contributed by atoms with Crippen molar-refractivity contribution < 1.29 is 38.2 Å². The summed E-state index contributed by atoms with van der Waals surface area (Å²) < 4.78 is 89.8. The summed E-state index contributed by atoms with van der Waals surface area (Å²) in [6.45, 7) is 9.95. The number of benzene rings is 3. The molecule has 3 aromatic carbocycles. The monoisotopic (exact) mass is 874 g/mol. The van der Waals surface area contributed by atoms with E-state index in [4.69, 9.17) is 15.4 Å². The van der Waals surface area contributed by atoms with Crippen molar-refractivity contribution in [3.05, 3.63) is 148 Å². The molecule has 7 aromatic rings. The van der Waals surface area contributed by atoms with Gasteiger partial charge in [-0.3, -0.25) is 0 Å². The predicted octanol–water partition coefficient (Wildman–Crippen LogP) is 12.0. The van der Waals surface area contributed by atoms with E-state index in [-0.39, 0.29) is 48.3 Å². The molecule has 269 valence electrons. The third kappa shape index (κ3) is 8.95. The predicted molar refractivity (Wildman–Crippen MR) is 212 cm³/mol. The molecule has 0 aliphatic rings. The summed E-state index contributed by atoms with van der Waals surface area (Å²) in [5.41, 5.74) is 5.38. The SMILES string of the molecule is Cc1c[c-]c(-c2cc(C)c(C)cn2)cc1.[2H]C([2H])([2H])c1ccc2c(n1)oc1c(-c3cc(C([2H])([2H])C(C)(C)c4ccc(C([2H])([2H])C(C)(C)C)cc4)c(C([2H])([2H])[2H])cn3)[c-]ccc12.[Ir]. The molecule has 0 bridgehead atoms. The Labute approximate surface area is 337 Å². The number of hydrogen-bond donors (Lipinski definition) is 0. The van der Waals surface area contributed by atoms with Crippen molar-refractivity contribution in [2.75, 3.05) is 0 Å². The summed E-state index contributed by atoms with van der Waals surface area (Å²) in [6, 6.07) is 29.1. The van der Waals surface area contributed by atoms with Crippen LogP contribution in [0, 0.1) is 52.0 Å². The van der Waals surface area contributed by atoms with Gasteiger partial charge >= 0.3 is 0 Å². The maximum absolute atomic E-state index is 9.41. The van der Waals surface area contributed by atoms with Gasteiger partial charge in [-0.05, 0) is 102 Å². The number of rotatable bonds is 6. The van der Waals surface area contributed by atoms with Gasteiger partial charge in [-0.1, -0.05) is 94.5 Å². The smallest absolute Gasteiger partial charge is 0.216 e. The van der Waals surface area contributed by atoms with E-state index in [1.807, 2.05) is 33.0 Å². The molecule has 0 saturated heterocycles. The Morgan fingerprint density at radius 3 is 2.17 bits per heavy atom. The molecule has 4 heterocycles. The molecule has 0 saturated carbocycles. The van der Waals surface area contributed by atoms with E-state index >= 15 is 0 Å². The summed E-state index contributed by atoms with van der Waals surface area (Å²) in [5, 5.41) is 1.20. The third-order valence-corrected chi connectivity index (χ3v) is 8.65. The molecule has 0 aliphatic heterocycles. The van der Waals surface area contributed by atoms with E-state index in [1.54, 1.807) is 56.3 Å². The first kappa shape index (κ1) is 27.2. The molecule has 4 aromatic heterocycles. The zero-order valence-corrected chi connectivity index (χ0v) is 33.1. The fourth-order valence-corrected chi connectivity index (χ4v) is 5.75. The number of nitrogens with zero attached hydrogens (tertiary/aromatic N) is 3. The molecule has 0 atom stereocenters. The summed E-state index contributed by atoms with van der Waals surface area (Å²) in [6.07, 6.45) is -0.816. The van der Waals surface area contributed by atoms with E-state index in [9.17, 15) is 2.74 Å². The van der Waals surface area contributed by atoms with E-state index in [2.05, 4.69) is 66.1 Å². The van der Waals surface area contributed by atoms with Gasteiger partial charge in [0.05, 0.1) is 5.58 Å². The average Bonchev–Trinajstić information content (AvgIpc) is 3.56. The first-order valence-electron chi connectivity index (χ1n) is 21.9. The molecule has 5 heteroatoms. The van der Waals surface area contributed by atoms with Gasteiger partial charge in [0.15, 0.2) is 0 Å². The van der Waals surface area contributed by atoms with Gasteiger partial charge in [-0.15, -0.1) is 53.6 Å². The van der Waals surface area contributed by atoms with Gasteiger partial charge in [-0.2, -0.15) is 0 Å². The van der Waals surface area contributed by atoms with Crippen LogP contribution in [0.1, 0.15) is 93.0 Å². The van der Waals surface area contributed by atoms with Crippen LogP contribution < -0.4 is 0 Å².